The highest BCUT2D eigenvalue weighted by atomic mass is 31.2. The summed E-state index contributed by atoms with van der Waals surface area (Å²) in [4.78, 5) is 35.5. The van der Waals surface area contributed by atoms with Crippen LogP contribution in [-0.2, 0) is 32.7 Å². The maximum Gasteiger partial charge on any atom is 0.472 e. The molecule has 57 heavy (non-hydrogen) atoms. The van der Waals surface area contributed by atoms with E-state index < -0.39 is 75.7 Å². The molecule has 13 nitrogen and oxygen atoms in total. The number of unbranched alkanes of at least 4 members (excludes halogenated alkanes) is 14. The average molecular weight is 831 g/mol. The number of esters is 2. The number of hydrogen-bond acceptors (Lipinski definition) is 12. The number of aliphatic hydroxyl groups is 5. The first-order chi connectivity index (χ1) is 27.4. The molecule has 1 aliphatic rings. The summed E-state index contributed by atoms with van der Waals surface area (Å²) in [5.74, 6) is -1.14. The molecule has 330 valence electrons. The van der Waals surface area contributed by atoms with Gasteiger partial charge < -0.3 is 39.9 Å². The number of rotatable bonds is 34. The van der Waals surface area contributed by atoms with Gasteiger partial charge in [-0.2, -0.15) is 0 Å². The minimum atomic E-state index is -5.12. The molecule has 0 aromatic heterocycles. The second-order valence-corrected chi connectivity index (χ2v) is 16.3. The quantitative estimate of drug-likeness (QED) is 0.0160. The number of phosphoric ester groups is 1. The van der Waals surface area contributed by atoms with E-state index in [0.29, 0.717) is 12.8 Å². The van der Waals surface area contributed by atoms with Crippen LogP contribution in [-0.4, -0.2) is 98.3 Å². The minimum absolute atomic E-state index is 0.0899. The van der Waals surface area contributed by atoms with Crippen molar-refractivity contribution in [3.63, 3.8) is 0 Å². The first kappa shape index (κ1) is 52.8. The zero-order valence-corrected chi connectivity index (χ0v) is 35.5. The van der Waals surface area contributed by atoms with Crippen LogP contribution in [0.5, 0.6) is 0 Å². The molecule has 0 amide bonds. The van der Waals surface area contributed by atoms with Crippen LogP contribution in [0.25, 0.3) is 0 Å². The molecule has 1 saturated carbocycles. The SMILES string of the molecule is CCC/C=C/C/C=C/C/C=C/C/C=C/CCCCCC(=O)OC[C@@H](COP(=O)(O)OC1C(O)C(O)C(O)[C@H](O)C1O)OC(=O)CCCCCCCCCCCCC. The van der Waals surface area contributed by atoms with Crippen molar-refractivity contribution in [2.24, 2.45) is 0 Å². The average Bonchev–Trinajstić information content (AvgIpc) is 3.19. The Morgan fingerprint density at radius 3 is 1.51 bits per heavy atom. The molecular weight excluding hydrogens is 755 g/mol. The van der Waals surface area contributed by atoms with Crippen LogP contribution in [0.4, 0.5) is 0 Å². The van der Waals surface area contributed by atoms with Crippen LogP contribution >= 0.6 is 7.82 Å². The number of carbonyl (C=O) groups excluding carboxylic acids is 2. The fourth-order valence-corrected chi connectivity index (χ4v) is 7.13. The summed E-state index contributed by atoms with van der Waals surface area (Å²) >= 11 is 0. The predicted octanol–water partition coefficient (Wildman–Crippen LogP) is 7.61. The summed E-state index contributed by atoms with van der Waals surface area (Å²) in [5.41, 5.74) is 0. The lowest BCUT2D eigenvalue weighted by atomic mass is 9.85. The van der Waals surface area contributed by atoms with E-state index >= 15 is 0 Å². The van der Waals surface area contributed by atoms with Crippen molar-refractivity contribution >= 4 is 19.8 Å². The van der Waals surface area contributed by atoms with Crippen molar-refractivity contribution in [1.29, 1.82) is 0 Å². The van der Waals surface area contributed by atoms with Gasteiger partial charge in [0.05, 0.1) is 6.61 Å². The molecule has 1 fully saturated rings. The van der Waals surface area contributed by atoms with Gasteiger partial charge in [0.1, 0.15) is 43.2 Å². The second kappa shape index (κ2) is 33.6. The summed E-state index contributed by atoms with van der Waals surface area (Å²) in [6, 6.07) is 0. The van der Waals surface area contributed by atoms with E-state index in [-0.39, 0.29) is 12.8 Å². The fraction of sp³-hybridized carbons (Fsp3) is 0.767. The van der Waals surface area contributed by atoms with E-state index in [0.717, 1.165) is 70.6 Å². The van der Waals surface area contributed by atoms with Gasteiger partial charge >= 0.3 is 19.8 Å². The predicted molar refractivity (Wildman–Crippen MR) is 221 cm³/mol. The smallest absolute Gasteiger partial charge is 0.462 e. The Labute approximate surface area is 341 Å². The lowest BCUT2D eigenvalue weighted by Crippen LogP contribution is -2.64. The van der Waals surface area contributed by atoms with Gasteiger partial charge in [-0.25, -0.2) is 4.57 Å². The Balaban J connectivity index is 2.51. The van der Waals surface area contributed by atoms with Gasteiger partial charge in [0, 0.05) is 12.8 Å². The van der Waals surface area contributed by atoms with E-state index in [1.807, 2.05) is 0 Å². The summed E-state index contributed by atoms with van der Waals surface area (Å²) < 4.78 is 33.4. The summed E-state index contributed by atoms with van der Waals surface area (Å²) in [5, 5.41) is 50.0. The molecule has 6 N–H and O–H groups in total. The van der Waals surface area contributed by atoms with Crippen molar-refractivity contribution in [2.75, 3.05) is 13.2 Å². The number of carbonyl (C=O) groups is 2. The van der Waals surface area contributed by atoms with Crippen molar-refractivity contribution in [3.8, 4) is 0 Å². The Hall–Kier alpha value is -2.19. The molecule has 0 saturated heterocycles. The highest BCUT2D eigenvalue weighted by Crippen LogP contribution is 2.47. The van der Waals surface area contributed by atoms with Crippen molar-refractivity contribution in [3.05, 3.63) is 48.6 Å². The van der Waals surface area contributed by atoms with E-state index in [9.17, 15) is 44.6 Å². The standard InChI is InChI=1S/C43H75O13P/c1-3-5-7-9-11-13-15-16-17-18-19-20-22-23-25-27-29-31-36(44)53-33-35(55-37(45)32-30-28-26-24-21-14-12-10-8-6-4-2)34-54-57(51,52)56-43-41(49)39(47)38(46)40(48)42(43)50/h7,9,13,15,17-18,20,22,35,38-43,46-50H,3-6,8,10-12,14,16,19,21,23-34H2,1-2H3,(H,51,52)/b9-7+,15-13+,18-17+,22-20+/t35-,38?,39-,40?,41?,42?,43?/m0/s1. The number of phosphoric acid groups is 1. The molecule has 1 rings (SSSR count). The molecule has 0 spiro atoms. The number of aliphatic hydroxyl groups excluding tert-OH is 5. The van der Waals surface area contributed by atoms with Crippen LogP contribution in [0.1, 0.15) is 155 Å². The summed E-state index contributed by atoms with van der Waals surface area (Å²) in [6.07, 6.45) is 24.6. The lowest BCUT2D eigenvalue weighted by Gasteiger charge is -2.41. The van der Waals surface area contributed by atoms with Crippen LogP contribution in [0.3, 0.4) is 0 Å². The van der Waals surface area contributed by atoms with Crippen molar-refractivity contribution < 1.29 is 63.1 Å². The Morgan fingerprint density at radius 1 is 0.544 bits per heavy atom. The maximum absolute atomic E-state index is 12.8. The van der Waals surface area contributed by atoms with Gasteiger partial charge in [-0.3, -0.25) is 18.6 Å². The molecule has 0 aliphatic heterocycles. The summed E-state index contributed by atoms with van der Waals surface area (Å²) in [6.45, 7) is 3.17. The van der Waals surface area contributed by atoms with Gasteiger partial charge in [0.25, 0.3) is 0 Å². The second-order valence-electron chi connectivity index (χ2n) is 14.8. The monoisotopic (exact) mass is 830 g/mol. The molecule has 0 radical (unpaired) electrons. The third kappa shape index (κ3) is 26.5. The first-order valence-corrected chi connectivity index (χ1v) is 22.9. The molecule has 1 aliphatic carbocycles. The van der Waals surface area contributed by atoms with Crippen molar-refractivity contribution in [1.82, 2.24) is 0 Å². The molecule has 0 heterocycles. The van der Waals surface area contributed by atoms with Crippen LogP contribution in [0, 0.1) is 0 Å². The first-order valence-electron chi connectivity index (χ1n) is 21.4. The van der Waals surface area contributed by atoms with Crippen LogP contribution in [0.15, 0.2) is 48.6 Å². The molecule has 6 unspecified atom stereocenters. The van der Waals surface area contributed by atoms with Gasteiger partial charge in [-0.05, 0) is 51.4 Å². The lowest BCUT2D eigenvalue weighted by molar-refractivity contribution is -0.220. The third-order valence-electron chi connectivity index (χ3n) is 9.65. The number of hydrogen-bond donors (Lipinski definition) is 6. The fourth-order valence-electron chi connectivity index (χ4n) is 6.16. The number of ether oxygens (including phenoxy) is 2. The summed E-state index contributed by atoms with van der Waals surface area (Å²) in [7, 11) is -5.12. The molecule has 8 atom stereocenters. The zero-order valence-electron chi connectivity index (χ0n) is 34.6. The third-order valence-corrected chi connectivity index (χ3v) is 10.6. The molecule has 0 bridgehead atoms. The largest absolute Gasteiger partial charge is 0.472 e. The maximum atomic E-state index is 12.8. The highest BCUT2D eigenvalue weighted by Gasteiger charge is 2.51. The van der Waals surface area contributed by atoms with Gasteiger partial charge in [-0.15, -0.1) is 0 Å². The van der Waals surface area contributed by atoms with Gasteiger partial charge in [-0.1, -0.05) is 140 Å². The van der Waals surface area contributed by atoms with Crippen LogP contribution in [0.2, 0.25) is 0 Å². The molecule has 14 heteroatoms. The van der Waals surface area contributed by atoms with Crippen LogP contribution < -0.4 is 0 Å². The zero-order chi connectivity index (χ0) is 42.2. The van der Waals surface area contributed by atoms with E-state index in [2.05, 4.69) is 62.5 Å². The van der Waals surface area contributed by atoms with Gasteiger partial charge in [0.2, 0.25) is 0 Å². The highest BCUT2D eigenvalue weighted by molar-refractivity contribution is 7.47. The van der Waals surface area contributed by atoms with Crippen molar-refractivity contribution in [2.45, 2.75) is 198 Å². The Bertz CT molecular complexity index is 1190. The van der Waals surface area contributed by atoms with Gasteiger partial charge in [0.15, 0.2) is 6.10 Å². The molecule has 0 aromatic carbocycles. The Kier molecular flexibility index (Phi) is 31.2. The molecule has 0 aromatic rings. The number of allylic oxidation sites excluding steroid dienone is 8. The normalized spacial score (nSPS) is 23.2. The topological polar surface area (TPSA) is 210 Å². The Morgan fingerprint density at radius 2 is 0.982 bits per heavy atom. The minimum Gasteiger partial charge on any atom is -0.462 e. The molecular formula is C43H75O13P. The van der Waals surface area contributed by atoms with E-state index in [1.165, 1.54) is 44.9 Å². The van der Waals surface area contributed by atoms with E-state index in [1.54, 1.807) is 0 Å². The van der Waals surface area contributed by atoms with E-state index in [4.69, 9.17) is 18.5 Å².